The molecule has 1 amide bonds. The van der Waals surface area contributed by atoms with Crippen LogP contribution in [-0.2, 0) is 0 Å². The third kappa shape index (κ3) is 1.77. The van der Waals surface area contributed by atoms with Crippen LogP contribution in [-0.4, -0.2) is 11.9 Å². The van der Waals surface area contributed by atoms with Crippen molar-refractivity contribution in [3.05, 3.63) is 28.8 Å². The Morgan fingerprint density at radius 2 is 1.83 bits per heavy atom. The monoisotopic (exact) mass is 266 g/mol. The van der Waals surface area contributed by atoms with Gasteiger partial charge in [0.05, 0.1) is 16.3 Å². The summed E-state index contributed by atoms with van der Waals surface area (Å²) in [5, 5.41) is 3.46. The summed E-state index contributed by atoms with van der Waals surface area (Å²) in [6.07, 6.45) is 0. The van der Waals surface area contributed by atoms with E-state index < -0.39 is 0 Å². The second-order valence-corrected chi connectivity index (χ2v) is 6.46. The maximum absolute atomic E-state index is 12.2. The Hall–Kier alpha value is -1.22. The van der Waals surface area contributed by atoms with Crippen molar-refractivity contribution in [1.29, 1.82) is 0 Å². The van der Waals surface area contributed by atoms with E-state index in [1.54, 1.807) is 18.2 Å². The Morgan fingerprint density at radius 3 is 2.33 bits per heavy atom. The summed E-state index contributed by atoms with van der Waals surface area (Å²) in [4.78, 5) is 12.2. The molecule has 1 saturated carbocycles. The van der Waals surface area contributed by atoms with Gasteiger partial charge in [0.2, 0.25) is 0 Å². The summed E-state index contributed by atoms with van der Waals surface area (Å²) < 4.78 is 0. The largest absolute Gasteiger partial charge is 0.397 e. The lowest BCUT2D eigenvalue weighted by Crippen LogP contribution is -2.30. The van der Waals surface area contributed by atoms with E-state index >= 15 is 0 Å². The number of halogens is 1. The molecule has 98 valence electrons. The summed E-state index contributed by atoms with van der Waals surface area (Å²) in [7, 11) is 0. The fourth-order valence-electron chi connectivity index (χ4n) is 2.50. The average molecular weight is 267 g/mol. The highest BCUT2D eigenvalue weighted by Crippen LogP contribution is 2.62. The number of nitrogen functional groups attached to an aromatic ring is 1. The van der Waals surface area contributed by atoms with Gasteiger partial charge >= 0.3 is 0 Å². The minimum absolute atomic E-state index is 0.107. The van der Waals surface area contributed by atoms with Crippen LogP contribution in [0.25, 0.3) is 0 Å². The minimum Gasteiger partial charge on any atom is -0.397 e. The molecule has 1 fully saturated rings. The quantitative estimate of drug-likeness (QED) is 0.809. The van der Waals surface area contributed by atoms with E-state index in [1.807, 2.05) is 0 Å². The number of benzene rings is 1. The van der Waals surface area contributed by atoms with E-state index in [0.717, 1.165) is 0 Å². The van der Waals surface area contributed by atoms with Crippen molar-refractivity contribution in [2.45, 2.75) is 33.7 Å². The van der Waals surface area contributed by atoms with Crippen LogP contribution in [0.1, 0.15) is 38.1 Å². The van der Waals surface area contributed by atoms with Crippen LogP contribution < -0.4 is 11.1 Å². The lowest BCUT2D eigenvalue weighted by Gasteiger charge is -2.09. The van der Waals surface area contributed by atoms with E-state index in [4.69, 9.17) is 17.3 Å². The van der Waals surface area contributed by atoms with E-state index in [2.05, 4.69) is 33.0 Å². The molecule has 0 atom stereocenters. The molecule has 0 saturated heterocycles. The molecule has 1 aromatic rings. The van der Waals surface area contributed by atoms with Crippen LogP contribution in [0.2, 0.25) is 5.02 Å². The molecule has 4 heteroatoms. The highest BCUT2D eigenvalue weighted by Gasteiger charge is 2.65. The van der Waals surface area contributed by atoms with Crippen molar-refractivity contribution in [1.82, 2.24) is 5.32 Å². The topological polar surface area (TPSA) is 55.1 Å². The summed E-state index contributed by atoms with van der Waals surface area (Å²) in [5.74, 6) is -0.154. The van der Waals surface area contributed by atoms with Crippen molar-refractivity contribution >= 4 is 23.2 Å². The first-order chi connectivity index (χ1) is 8.19. The first-order valence-electron chi connectivity index (χ1n) is 6.04. The highest BCUT2D eigenvalue weighted by molar-refractivity contribution is 6.33. The van der Waals surface area contributed by atoms with Gasteiger partial charge in [0.15, 0.2) is 0 Å². The number of para-hydroxylation sites is 1. The number of carbonyl (C=O) groups excluding carboxylic acids is 1. The predicted octanol–water partition coefficient (Wildman–Crippen LogP) is 3.09. The molecule has 1 aromatic carbocycles. The molecule has 0 bridgehead atoms. The lowest BCUT2D eigenvalue weighted by molar-refractivity contribution is 0.0944. The van der Waals surface area contributed by atoms with Gasteiger partial charge in [0.1, 0.15) is 0 Å². The fraction of sp³-hybridized carbons (Fsp3) is 0.500. The number of rotatable bonds is 2. The molecular formula is C14H19ClN2O. The lowest BCUT2D eigenvalue weighted by atomic mass is 10.0. The molecule has 0 spiro atoms. The molecular weight excluding hydrogens is 248 g/mol. The van der Waals surface area contributed by atoms with E-state index in [9.17, 15) is 4.79 Å². The van der Waals surface area contributed by atoms with Gasteiger partial charge in [-0.05, 0) is 23.0 Å². The summed E-state index contributed by atoms with van der Waals surface area (Å²) in [6.45, 7) is 8.61. The molecule has 3 nitrogen and oxygen atoms in total. The number of amides is 1. The average Bonchev–Trinajstić information content (AvgIpc) is 2.65. The Kier molecular flexibility index (Phi) is 2.85. The molecule has 0 unspecified atom stereocenters. The molecule has 0 aliphatic heterocycles. The van der Waals surface area contributed by atoms with Crippen molar-refractivity contribution in [3.63, 3.8) is 0 Å². The third-order valence-electron chi connectivity index (χ3n) is 4.59. The van der Waals surface area contributed by atoms with Crippen molar-refractivity contribution in [3.8, 4) is 0 Å². The van der Waals surface area contributed by atoms with E-state index in [1.165, 1.54) is 0 Å². The van der Waals surface area contributed by atoms with Gasteiger partial charge in [-0.25, -0.2) is 0 Å². The van der Waals surface area contributed by atoms with Gasteiger partial charge in [-0.3, -0.25) is 4.79 Å². The van der Waals surface area contributed by atoms with Crippen LogP contribution in [0.4, 0.5) is 5.69 Å². The van der Waals surface area contributed by atoms with Crippen molar-refractivity contribution in [2.24, 2.45) is 10.8 Å². The molecule has 1 aliphatic carbocycles. The Morgan fingerprint density at radius 1 is 1.28 bits per heavy atom. The summed E-state index contributed by atoms with van der Waals surface area (Å²) in [6, 6.07) is 5.27. The first kappa shape index (κ1) is 13.2. The van der Waals surface area contributed by atoms with Gasteiger partial charge in [-0.2, -0.15) is 0 Å². The van der Waals surface area contributed by atoms with E-state index in [0.29, 0.717) is 16.3 Å². The van der Waals surface area contributed by atoms with Crippen LogP contribution in [0.3, 0.4) is 0 Å². The Labute approximate surface area is 113 Å². The van der Waals surface area contributed by atoms with Gasteiger partial charge in [-0.15, -0.1) is 0 Å². The maximum atomic E-state index is 12.2. The molecule has 3 N–H and O–H groups in total. The zero-order valence-electron chi connectivity index (χ0n) is 11.2. The Bertz CT molecular complexity index is 495. The van der Waals surface area contributed by atoms with Gasteiger partial charge in [0.25, 0.3) is 5.91 Å². The van der Waals surface area contributed by atoms with Crippen LogP contribution in [0, 0.1) is 10.8 Å². The van der Waals surface area contributed by atoms with Gasteiger partial charge in [-0.1, -0.05) is 45.4 Å². The van der Waals surface area contributed by atoms with Crippen molar-refractivity contribution < 1.29 is 4.79 Å². The van der Waals surface area contributed by atoms with E-state index in [-0.39, 0.29) is 22.8 Å². The smallest absolute Gasteiger partial charge is 0.253 e. The summed E-state index contributed by atoms with van der Waals surface area (Å²) >= 11 is 5.92. The normalized spacial score (nSPS) is 20.5. The zero-order valence-corrected chi connectivity index (χ0v) is 11.9. The first-order valence-corrected chi connectivity index (χ1v) is 6.42. The van der Waals surface area contributed by atoms with Crippen molar-refractivity contribution in [2.75, 3.05) is 5.73 Å². The predicted molar refractivity (Wildman–Crippen MR) is 74.7 cm³/mol. The summed E-state index contributed by atoms with van der Waals surface area (Å²) in [5.41, 5.74) is 6.82. The second kappa shape index (κ2) is 3.89. The number of nitrogens with two attached hydrogens (primary N) is 1. The molecule has 18 heavy (non-hydrogen) atoms. The number of anilines is 1. The molecule has 0 aromatic heterocycles. The maximum Gasteiger partial charge on any atom is 0.253 e. The zero-order chi connectivity index (χ0) is 13.7. The molecule has 0 radical (unpaired) electrons. The van der Waals surface area contributed by atoms with Crippen LogP contribution in [0.5, 0.6) is 0 Å². The number of nitrogens with one attached hydrogen (secondary N) is 1. The molecule has 2 rings (SSSR count). The number of hydrogen-bond donors (Lipinski definition) is 2. The van der Waals surface area contributed by atoms with Crippen LogP contribution >= 0.6 is 11.6 Å². The highest BCUT2D eigenvalue weighted by atomic mass is 35.5. The number of hydrogen-bond acceptors (Lipinski definition) is 2. The molecule has 0 heterocycles. The second-order valence-electron chi connectivity index (χ2n) is 6.05. The molecule has 1 aliphatic rings. The van der Waals surface area contributed by atoms with Gasteiger partial charge in [0, 0.05) is 6.04 Å². The standard InChI is InChI=1S/C14H19ClN2O/c1-13(2)12(14(13,3)4)17-11(18)8-6-5-7-9(15)10(8)16/h5-7,12H,16H2,1-4H3,(H,17,18). The minimum atomic E-state index is -0.154. The number of carbonyl (C=O) groups is 1. The van der Waals surface area contributed by atoms with Crippen LogP contribution in [0.15, 0.2) is 18.2 Å². The third-order valence-corrected chi connectivity index (χ3v) is 4.92. The van der Waals surface area contributed by atoms with Gasteiger partial charge < -0.3 is 11.1 Å². The SMILES string of the molecule is CC1(C)C(NC(=O)c2cccc(Cl)c2N)C1(C)C. The Balaban J connectivity index is 2.18. The fourth-order valence-corrected chi connectivity index (χ4v) is 2.68.